The van der Waals surface area contributed by atoms with E-state index >= 15 is 0 Å². The summed E-state index contributed by atoms with van der Waals surface area (Å²) >= 11 is 0. The van der Waals surface area contributed by atoms with Crippen LogP contribution < -0.4 is 10.2 Å². The van der Waals surface area contributed by atoms with E-state index in [1.54, 1.807) is 0 Å². The minimum absolute atomic E-state index is 0.487. The smallest absolute Gasteiger partial charge is 0.136 e. The van der Waals surface area contributed by atoms with Crippen molar-refractivity contribution in [3.05, 3.63) is 53.2 Å². The second kappa shape index (κ2) is 5.86. The van der Waals surface area contributed by atoms with Crippen LogP contribution in [0.15, 0.2) is 36.5 Å². The Balaban J connectivity index is 2.03. The van der Waals surface area contributed by atoms with E-state index in [-0.39, 0.29) is 0 Å². The molecule has 0 bridgehead atoms. The Bertz CT molecular complexity index is 636. The largest absolute Gasteiger partial charge is 0.323 e. The molecule has 1 aromatic carbocycles. The maximum atomic E-state index is 4.76. The zero-order valence-corrected chi connectivity index (χ0v) is 13.1. The zero-order chi connectivity index (χ0) is 14.8. The van der Waals surface area contributed by atoms with Gasteiger partial charge in [-0.1, -0.05) is 18.2 Å². The molecular formula is C18H23N3. The third-order valence-corrected chi connectivity index (χ3v) is 4.24. The first-order valence-electron chi connectivity index (χ1n) is 7.68. The molecule has 1 unspecified atom stereocenters. The van der Waals surface area contributed by atoms with Crippen LogP contribution >= 0.6 is 0 Å². The Hall–Kier alpha value is -1.87. The lowest BCUT2D eigenvalue weighted by atomic mass is 9.96. The van der Waals surface area contributed by atoms with Gasteiger partial charge in [-0.3, -0.25) is 0 Å². The lowest BCUT2D eigenvalue weighted by Crippen LogP contribution is -2.34. The fraction of sp³-hybridized carbons (Fsp3) is 0.389. The normalized spacial score (nSPS) is 17.7. The van der Waals surface area contributed by atoms with E-state index in [4.69, 9.17) is 4.98 Å². The summed E-state index contributed by atoms with van der Waals surface area (Å²) < 4.78 is 0. The molecule has 0 amide bonds. The van der Waals surface area contributed by atoms with Gasteiger partial charge in [-0.25, -0.2) is 4.98 Å². The predicted molar refractivity (Wildman–Crippen MR) is 88.1 cm³/mol. The highest BCUT2D eigenvalue weighted by Gasteiger charge is 2.25. The fourth-order valence-corrected chi connectivity index (χ4v) is 3.19. The number of fused-ring (bicyclic) bond motifs is 1. The third kappa shape index (κ3) is 2.66. The third-order valence-electron chi connectivity index (χ3n) is 4.24. The zero-order valence-electron chi connectivity index (χ0n) is 13.1. The molecule has 1 aliphatic rings. The Kier molecular flexibility index (Phi) is 3.93. The van der Waals surface area contributed by atoms with E-state index in [0.29, 0.717) is 6.04 Å². The van der Waals surface area contributed by atoms with Crippen molar-refractivity contribution in [2.45, 2.75) is 39.3 Å². The summed E-state index contributed by atoms with van der Waals surface area (Å²) in [7, 11) is 1.96. The molecule has 1 aromatic heterocycles. The van der Waals surface area contributed by atoms with Crippen LogP contribution in [0.4, 0.5) is 11.5 Å². The van der Waals surface area contributed by atoms with Crippen molar-refractivity contribution in [1.29, 1.82) is 0 Å². The first-order chi connectivity index (χ1) is 10.2. The van der Waals surface area contributed by atoms with Gasteiger partial charge < -0.3 is 10.2 Å². The van der Waals surface area contributed by atoms with Crippen LogP contribution in [-0.4, -0.2) is 18.1 Å². The second-order valence-corrected chi connectivity index (χ2v) is 5.90. The average Bonchev–Trinajstić information content (AvgIpc) is 2.49. The Morgan fingerprint density at radius 1 is 1.33 bits per heavy atom. The average molecular weight is 281 g/mol. The van der Waals surface area contributed by atoms with Crippen molar-refractivity contribution in [2.75, 3.05) is 11.9 Å². The molecule has 21 heavy (non-hydrogen) atoms. The van der Waals surface area contributed by atoms with Gasteiger partial charge in [0.25, 0.3) is 0 Å². The van der Waals surface area contributed by atoms with Crippen LogP contribution in [0.2, 0.25) is 0 Å². The van der Waals surface area contributed by atoms with Gasteiger partial charge in [0.05, 0.1) is 0 Å². The number of nitrogens with zero attached hydrogens (tertiary/aromatic N) is 2. The number of rotatable bonds is 3. The van der Waals surface area contributed by atoms with Crippen LogP contribution in [0.1, 0.15) is 30.0 Å². The molecule has 3 nitrogen and oxygen atoms in total. The van der Waals surface area contributed by atoms with Crippen molar-refractivity contribution in [1.82, 2.24) is 10.3 Å². The summed E-state index contributed by atoms with van der Waals surface area (Å²) in [4.78, 5) is 7.16. The number of aryl methyl sites for hydroxylation is 2. The number of benzene rings is 1. The van der Waals surface area contributed by atoms with Gasteiger partial charge in [-0.2, -0.15) is 0 Å². The van der Waals surface area contributed by atoms with Crippen LogP contribution in [0.5, 0.6) is 0 Å². The van der Waals surface area contributed by atoms with Gasteiger partial charge in [-0.15, -0.1) is 0 Å². The summed E-state index contributed by atoms with van der Waals surface area (Å²) in [6.07, 6.45) is 4.32. The molecule has 0 aliphatic carbocycles. The SMILES string of the molecule is CNCc1cnc(N2c3ccccc3CCC2C)c(C)c1. The van der Waals surface area contributed by atoms with E-state index in [9.17, 15) is 0 Å². The molecule has 1 aliphatic heterocycles. The number of pyridine rings is 1. The van der Waals surface area contributed by atoms with Crippen molar-refractivity contribution < 1.29 is 0 Å². The maximum Gasteiger partial charge on any atom is 0.136 e. The second-order valence-electron chi connectivity index (χ2n) is 5.90. The minimum atomic E-state index is 0.487. The highest BCUT2D eigenvalue weighted by Crippen LogP contribution is 2.37. The molecular weight excluding hydrogens is 258 g/mol. The van der Waals surface area contributed by atoms with E-state index in [1.807, 2.05) is 13.2 Å². The fourth-order valence-electron chi connectivity index (χ4n) is 3.19. The van der Waals surface area contributed by atoms with Crippen LogP contribution in [-0.2, 0) is 13.0 Å². The monoisotopic (exact) mass is 281 g/mol. The van der Waals surface area contributed by atoms with Crippen molar-refractivity contribution >= 4 is 11.5 Å². The Labute approximate surface area is 127 Å². The van der Waals surface area contributed by atoms with Gasteiger partial charge in [0.2, 0.25) is 0 Å². The summed E-state index contributed by atoms with van der Waals surface area (Å²) in [5.74, 6) is 1.09. The molecule has 110 valence electrons. The lowest BCUT2D eigenvalue weighted by Gasteiger charge is -2.37. The summed E-state index contributed by atoms with van der Waals surface area (Å²) in [5.41, 5.74) is 5.22. The van der Waals surface area contributed by atoms with Crippen LogP contribution in [0.3, 0.4) is 0 Å². The number of aromatic nitrogens is 1. The van der Waals surface area contributed by atoms with E-state index < -0.39 is 0 Å². The van der Waals surface area contributed by atoms with Crippen molar-refractivity contribution in [3.63, 3.8) is 0 Å². The molecule has 0 saturated carbocycles. The number of hydrogen-bond acceptors (Lipinski definition) is 3. The van der Waals surface area contributed by atoms with E-state index in [0.717, 1.165) is 18.8 Å². The van der Waals surface area contributed by atoms with E-state index in [2.05, 4.69) is 54.4 Å². The van der Waals surface area contributed by atoms with Gasteiger partial charge in [0, 0.05) is 24.5 Å². The molecule has 1 N–H and O–H groups in total. The van der Waals surface area contributed by atoms with Gasteiger partial charge in [0.1, 0.15) is 5.82 Å². The van der Waals surface area contributed by atoms with Crippen LogP contribution in [0, 0.1) is 6.92 Å². The summed E-state index contributed by atoms with van der Waals surface area (Å²) in [5, 5.41) is 3.18. The van der Waals surface area contributed by atoms with E-state index in [1.165, 1.54) is 28.8 Å². The van der Waals surface area contributed by atoms with Crippen LogP contribution in [0.25, 0.3) is 0 Å². The predicted octanol–water partition coefficient (Wildman–Crippen LogP) is 3.58. The minimum Gasteiger partial charge on any atom is -0.323 e. The highest BCUT2D eigenvalue weighted by atomic mass is 15.2. The number of hydrogen-bond donors (Lipinski definition) is 1. The standard InChI is InChI=1S/C18H23N3/c1-13-10-15(11-19-3)12-20-18(13)21-14(2)8-9-16-6-4-5-7-17(16)21/h4-7,10,12,14,19H,8-9,11H2,1-3H3. The highest BCUT2D eigenvalue weighted by molar-refractivity contribution is 5.68. The molecule has 0 spiro atoms. The first kappa shape index (κ1) is 14.1. The number of anilines is 2. The molecule has 3 rings (SSSR count). The van der Waals surface area contributed by atoms with Gasteiger partial charge in [0.15, 0.2) is 0 Å². The van der Waals surface area contributed by atoms with Gasteiger partial charge in [-0.05, 0) is 62.6 Å². The molecule has 0 saturated heterocycles. The molecule has 2 aromatic rings. The number of nitrogens with one attached hydrogen (secondary N) is 1. The molecule has 3 heteroatoms. The number of para-hydroxylation sites is 1. The first-order valence-corrected chi connectivity index (χ1v) is 7.68. The van der Waals surface area contributed by atoms with Crippen molar-refractivity contribution in [3.8, 4) is 0 Å². The van der Waals surface area contributed by atoms with Crippen molar-refractivity contribution in [2.24, 2.45) is 0 Å². The molecule has 0 radical (unpaired) electrons. The topological polar surface area (TPSA) is 28.2 Å². The van der Waals surface area contributed by atoms with Gasteiger partial charge >= 0.3 is 0 Å². The summed E-state index contributed by atoms with van der Waals surface area (Å²) in [6.45, 7) is 5.31. The molecule has 2 heterocycles. The Morgan fingerprint density at radius 2 is 2.14 bits per heavy atom. The lowest BCUT2D eigenvalue weighted by molar-refractivity contribution is 0.612. The summed E-state index contributed by atoms with van der Waals surface area (Å²) in [6, 6.07) is 11.4. The molecule has 1 atom stereocenters. The maximum absolute atomic E-state index is 4.76. The molecule has 0 fully saturated rings. The Morgan fingerprint density at radius 3 is 2.90 bits per heavy atom. The quantitative estimate of drug-likeness (QED) is 0.932.